The highest BCUT2D eigenvalue weighted by Crippen LogP contribution is 2.34. The number of nitrogens with one attached hydrogen (secondary N) is 1. The highest BCUT2D eigenvalue weighted by molar-refractivity contribution is 6.24. The van der Waals surface area contributed by atoms with Crippen molar-refractivity contribution in [1.82, 2.24) is 14.8 Å². The molecule has 0 aliphatic carbocycles. The Morgan fingerprint density at radius 2 is 2.00 bits per heavy atom. The molecule has 0 radical (unpaired) electrons. The number of likely N-dealkylation sites (N-methyl/N-ethyl adjacent to an activating group) is 1. The Morgan fingerprint density at radius 1 is 1.28 bits per heavy atom. The zero-order valence-electron chi connectivity index (χ0n) is 9.47. The second kappa shape index (κ2) is 3.06. The number of nitrogens with zero attached hydrogens (tertiary/aromatic N) is 2. The molecule has 1 aromatic rings. The maximum absolute atomic E-state index is 12.2. The first-order valence-corrected chi connectivity index (χ1v) is 5.33. The third-order valence-electron chi connectivity index (χ3n) is 3.39. The lowest BCUT2D eigenvalue weighted by molar-refractivity contribution is -0.145. The lowest BCUT2D eigenvalue weighted by atomic mass is 9.92. The Morgan fingerprint density at radius 3 is 2.61 bits per heavy atom. The standard InChI is InChI=1S/C11H9N3O4/c1-13-8(16)6-3-2-4-14(6)11(10(13)18)5-7(15)12-9(11)17/h2-4H,5H2,1H3,(H,12,15,17). The normalized spacial score (nSPS) is 26.8. The molecule has 1 atom stereocenters. The number of fused-ring (bicyclic) bond motifs is 2. The van der Waals surface area contributed by atoms with E-state index in [1.54, 1.807) is 6.07 Å². The van der Waals surface area contributed by atoms with Crippen LogP contribution in [-0.4, -0.2) is 40.1 Å². The summed E-state index contributed by atoms with van der Waals surface area (Å²) < 4.78 is 1.29. The van der Waals surface area contributed by atoms with Gasteiger partial charge in [-0.1, -0.05) is 0 Å². The monoisotopic (exact) mass is 247 g/mol. The number of carbonyl (C=O) groups excluding carboxylic acids is 4. The van der Waals surface area contributed by atoms with Gasteiger partial charge in [-0.3, -0.25) is 29.4 Å². The molecule has 1 N–H and O–H groups in total. The summed E-state index contributed by atoms with van der Waals surface area (Å²) in [6.07, 6.45) is 1.19. The summed E-state index contributed by atoms with van der Waals surface area (Å²) in [7, 11) is 1.30. The third-order valence-corrected chi connectivity index (χ3v) is 3.39. The van der Waals surface area contributed by atoms with Gasteiger partial charge < -0.3 is 4.57 Å². The summed E-state index contributed by atoms with van der Waals surface area (Å²) in [6.45, 7) is 0. The SMILES string of the molecule is CN1C(=O)c2cccn2C2(CC(=O)NC2=O)C1=O. The molecular weight excluding hydrogens is 238 g/mol. The molecule has 1 saturated heterocycles. The number of hydrogen-bond acceptors (Lipinski definition) is 4. The van der Waals surface area contributed by atoms with Crippen molar-refractivity contribution >= 4 is 23.6 Å². The van der Waals surface area contributed by atoms with E-state index in [1.807, 2.05) is 0 Å². The molecular formula is C11H9N3O4. The molecule has 92 valence electrons. The van der Waals surface area contributed by atoms with Gasteiger partial charge in [0.1, 0.15) is 5.69 Å². The van der Waals surface area contributed by atoms with Crippen LogP contribution in [0, 0.1) is 0 Å². The lowest BCUT2D eigenvalue weighted by Gasteiger charge is -2.35. The molecule has 1 spiro atoms. The quantitative estimate of drug-likeness (QED) is 0.462. The Hall–Kier alpha value is -2.44. The summed E-state index contributed by atoms with van der Waals surface area (Å²) in [6, 6.07) is 3.08. The average Bonchev–Trinajstić information content (AvgIpc) is 2.90. The summed E-state index contributed by atoms with van der Waals surface area (Å²) >= 11 is 0. The van der Waals surface area contributed by atoms with Gasteiger partial charge in [-0.25, -0.2) is 0 Å². The van der Waals surface area contributed by atoms with Crippen LogP contribution in [0.15, 0.2) is 18.3 Å². The predicted molar refractivity (Wildman–Crippen MR) is 57.3 cm³/mol. The molecule has 1 fully saturated rings. The highest BCUT2D eigenvalue weighted by atomic mass is 16.2. The van der Waals surface area contributed by atoms with Crippen LogP contribution in [0.4, 0.5) is 0 Å². The summed E-state index contributed by atoms with van der Waals surface area (Å²) in [5, 5.41) is 2.12. The molecule has 3 rings (SSSR count). The van der Waals surface area contributed by atoms with Crippen LogP contribution in [-0.2, 0) is 19.9 Å². The minimum Gasteiger partial charge on any atom is -0.320 e. The number of aromatic nitrogens is 1. The molecule has 1 unspecified atom stereocenters. The molecule has 2 aliphatic rings. The molecule has 0 saturated carbocycles. The van der Waals surface area contributed by atoms with Crippen molar-refractivity contribution in [2.45, 2.75) is 12.0 Å². The smallest absolute Gasteiger partial charge is 0.276 e. The summed E-state index contributed by atoms with van der Waals surface area (Å²) in [4.78, 5) is 48.4. The van der Waals surface area contributed by atoms with Crippen molar-refractivity contribution in [3.63, 3.8) is 0 Å². The maximum Gasteiger partial charge on any atom is 0.276 e. The van der Waals surface area contributed by atoms with E-state index >= 15 is 0 Å². The van der Waals surface area contributed by atoms with Crippen molar-refractivity contribution in [3.8, 4) is 0 Å². The average molecular weight is 247 g/mol. The van der Waals surface area contributed by atoms with Crippen LogP contribution in [0.1, 0.15) is 16.9 Å². The van der Waals surface area contributed by atoms with Gasteiger partial charge in [0.2, 0.25) is 11.4 Å². The predicted octanol–water partition coefficient (Wildman–Crippen LogP) is -1.16. The number of carbonyl (C=O) groups is 4. The molecule has 18 heavy (non-hydrogen) atoms. The second-order valence-electron chi connectivity index (χ2n) is 4.35. The minimum atomic E-state index is -1.64. The fourth-order valence-electron chi connectivity index (χ4n) is 2.49. The maximum atomic E-state index is 12.2. The molecule has 0 bridgehead atoms. The molecule has 7 nitrogen and oxygen atoms in total. The van der Waals surface area contributed by atoms with E-state index in [1.165, 1.54) is 23.9 Å². The number of amides is 4. The first kappa shape index (κ1) is 10.7. The van der Waals surface area contributed by atoms with Gasteiger partial charge in [-0.2, -0.15) is 0 Å². The van der Waals surface area contributed by atoms with E-state index in [2.05, 4.69) is 5.32 Å². The van der Waals surface area contributed by atoms with Gasteiger partial charge in [-0.15, -0.1) is 0 Å². The number of hydrogen-bond donors (Lipinski definition) is 1. The van der Waals surface area contributed by atoms with E-state index in [4.69, 9.17) is 0 Å². The van der Waals surface area contributed by atoms with E-state index in [0.29, 0.717) is 0 Å². The van der Waals surface area contributed by atoms with Gasteiger partial charge in [0.05, 0.1) is 6.42 Å². The van der Waals surface area contributed by atoms with Crippen LogP contribution >= 0.6 is 0 Å². The van der Waals surface area contributed by atoms with Gasteiger partial charge >= 0.3 is 0 Å². The van der Waals surface area contributed by atoms with E-state index < -0.39 is 29.2 Å². The van der Waals surface area contributed by atoms with Gasteiger partial charge in [0, 0.05) is 13.2 Å². The third kappa shape index (κ3) is 0.987. The van der Waals surface area contributed by atoms with Crippen molar-refractivity contribution in [2.24, 2.45) is 0 Å². The minimum absolute atomic E-state index is 0.224. The number of imide groups is 2. The Bertz CT molecular complexity index is 618. The Balaban J connectivity index is 2.31. The van der Waals surface area contributed by atoms with Crippen LogP contribution < -0.4 is 5.32 Å². The van der Waals surface area contributed by atoms with Gasteiger partial charge in [0.15, 0.2) is 0 Å². The zero-order valence-corrected chi connectivity index (χ0v) is 9.47. The van der Waals surface area contributed by atoms with Crippen LogP contribution in [0.25, 0.3) is 0 Å². The lowest BCUT2D eigenvalue weighted by Crippen LogP contribution is -2.59. The summed E-state index contributed by atoms with van der Waals surface area (Å²) in [5.41, 5.74) is -1.42. The van der Waals surface area contributed by atoms with Crippen LogP contribution in [0.2, 0.25) is 0 Å². The first-order valence-electron chi connectivity index (χ1n) is 5.33. The van der Waals surface area contributed by atoms with E-state index in [9.17, 15) is 19.2 Å². The molecule has 4 amide bonds. The van der Waals surface area contributed by atoms with Crippen LogP contribution in [0.3, 0.4) is 0 Å². The zero-order chi connectivity index (χ0) is 13.1. The highest BCUT2D eigenvalue weighted by Gasteiger charge is 2.59. The summed E-state index contributed by atoms with van der Waals surface area (Å²) in [5.74, 6) is -2.37. The van der Waals surface area contributed by atoms with E-state index in [0.717, 1.165) is 4.90 Å². The largest absolute Gasteiger partial charge is 0.320 e. The molecule has 2 aliphatic heterocycles. The van der Waals surface area contributed by atoms with E-state index in [-0.39, 0.29) is 12.1 Å². The van der Waals surface area contributed by atoms with Gasteiger partial charge in [-0.05, 0) is 12.1 Å². The van der Waals surface area contributed by atoms with Gasteiger partial charge in [0.25, 0.3) is 17.7 Å². The topological polar surface area (TPSA) is 88.5 Å². The van der Waals surface area contributed by atoms with Crippen LogP contribution in [0.5, 0.6) is 0 Å². The Labute approximate surface area is 101 Å². The van der Waals surface area contributed by atoms with Crippen molar-refractivity contribution in [3.05, 3.63) is 24.0 Å². The molecule has 0 aromatic carbocycles. The molecule has 7 heteroatoms. The van der Waals surface area contributed by atoms with Crippen molar-refractivity contribution in [2.75, 3.05) is 7.05 Å². The Kier molecular flexibility index (Phi) is 1.82. The first-order chi connectivity index (χ1) is 8.48. The molecule has 1 aromatic heterocycles. The fraction of sp³-hybridized carbons (Fsp3) is 0.273. The molecule has 3 heterocycles. The van der Waals surface area contributed by atoms with Crippen molar-refractivity contribution < 1.29 is 19.2 Å². The fourth-order valence-corrected chi connectivity index (χ4v) is 2.49. The van der Waals surface area contributed by atoms with Crippen molar-refractivity contribution in [1.29, 1.82) is 0 Å². The number of rotatable bonds is 0. The second-order valence-corrected chi connectivity index (χ2v) is 4.35.